The number of para-hydroxylation sites is 2. The van der Waals surface area contributed by atoms with E-state index in [4.69, 9.17) is 21.4 Å². The van der Waals surface area contributed by atoms with Gasteiger partial charge >= 0.3 is 0 Å². The van der Waals surface area contributed by atoms with Gasteiger partial charge in [-0.05, 0) is 31.0 Å². The van der Waals surface area contributed by atoms with Crippen LogP contribution in [0.25, 0.3) is 16.9 Å². The van der Waals surface area contributed by atoms with Crippen LogP contribution in [-0.4, -0.2) is 59.0 Å². The Morgan fingerprint density at radius 3 is 2.45 bits per heavy atom. The second-order valence-electron chi connectivity index (χ2n) is 9.82. The molecule has 204 valence electrons. The molecule has 2 amide bonds. The van der Waals surface area contributed by atoms with Gasteiger partial charge in [-0.15, -0.1) is 11.8 Å². The van der Waals surface area contributed by atoms with Crippen molar-refractivity contribution in [2.45, 2.75) is 18.1 Å². The van der Waals surface area contributed by atoms with Crippen LogP contribution in [0.15, 0.2) is 78.9 Å². The van der Waals surface area contributed by atoms with Crippen molar-refractivity contribution in [2.75, 3.05) is 37.4 Å². The van der Waals surface area contributed by atoms with Gasteiger partial charge in [0.1, 0.15) is 18.1 Å². The van der Waals surface area contributed by atoms with Crippen molar-refractivity contribution in [3.05, 3.63) is 95.0 Å². The molecule has 0 aliphatic carbocycles. The van der Waals surface area contributed by atoms with Gasteiger partial charge < -0.3 is 9.64 Å². The van der Waals surface area contributed by atoms with Crippen LogP contribution in [-0.2, 0) is 9.59 Å². The van der Waals surface area contributed by atoms with E-state index in [9.17, 15) is 9.59 Å². The highest BCUT2D eigenvalue weighted by Gasteiger charge is 2.39. The van der Waals surface area contributed by atoms with E-state index in [1.807, 2.05) is 77.7 Å². The quantitative estimate of drug-likeness (QED) is 0.284. The third-order valence-corrected chi connectivity index (χ3v) is 8.95. The summed E-state index contributed by atoms with van der Waals surface area (Å²) >= 11 is 8.25. The van der Waals surface area contributed by atoms with Gasteiger partial charge in [0.15, 0.2) is 0 Å². The summed E-state index contributed by atoms with van der Waals surface area (Å²) in [6, 6.07) is 25.2. The molecule has 0 radical (unpaired) electrons. The molecule has 2 aliphatic heterocycles. The molecule has 1 atom stereocenters. The monoisotopic (exact) mass is 572 g/mol. The Hall–Kier alpha value is -3.75. The number of hydrogen-bond acceptors (Lipinski definition) is 5. The summed E-state index contributed by atoms with van der Waals surface area (Å²) in [6.45, 7) is 1.37. The summed E-state index contributed by atoms with van der Waals surface area (Å²) in [7, 11) is 1.65. The fourth-order valence-electron chi connectivity index (χ4n) is 5.45. The minimum Gasteiger partial charge on any atom is -0.496 e. The van der Waals surface area contributed by atoms with Crippen molar-refractivity contribution in [3.8, 4) is 22.7 Å². The van der Waals surface area contributed by atoms with E-state index in [-0.39, 0.29) is 29.4 Å². The van der Waals surface area contributed by atoms with Crippen molar-refractivity contribution in [1.82, 2.24) is 14.7 Å². The standard InChI is InChI=1S/C31H29ClN4O3S/c1-39-25-16-8-5-13-22(25)30-28-29(21-11-3-2-4-12-21)33-36(24-15-7-6-14-23(24)32)31(28)35(27(38)20-40-30)19-26(37)34-17-9-10-18-34/h2-8,11-16,30H,9-10,17-20H2,1H3. The first-order chi connectivity index (χ1) is 19.6. The van der Waals surface area contributed by atoms with Crippen LogP contribution in [0.1, 0.15) is 29.2 Å². The third kappa shape index (κ3) is 4.86. The first-order valence-electron chi connectivity index (χ1n) is 13.3. The number of methoxy groups -OCH3 is 1. The van der Waals surface area contributed by atoms with Gasteiger partial charge in [-0.2, -0.15) is 5.10 Å². The number of rotatable bonds is 6. The van der Waals surface area contributed by atoms with Crippen LogP contribution in [0.5, 0.6) is 5.75 Å². The van der Waals surface area contributed by atoms with E-state index in [0.29, 0.717) is 29.6 Å². The predicted octanol–water partition coefficient (Wildman–Crippen LogP) is 5.99. The van der Waals surface area contributed by atoms with Gasteiger partial charge in [0, 0.05) is 29.8 Å². The highest BCUT2D eigenvalue weighted by atomic mass is 35.5. The molecule has 0 N–H and O–H groups in total. The zero-order chi connectivity index (χ0) is 27.6. The Balaban J connectivity index is 1.63. The van der Waals surface area contributed by atoms with Crippen LogP contribution in [0.3, 0.4) is 0 Å². The molecule has 0 saturated carbocycles. The molecule has 9 heteroatoms. The van der Waals surface area contributed by atoms with E-state index in [2.05, 4.69) is 0 Å². The first-order valence-corrected chi connectivity index (χ1v) is 14.8. The number of likely N-dealkylation sites (tertiary alicyclic amines) is 1. The fourth-order valence-corrected chi connectivity index (χ4v) is 6.89. The van der Waals surface area contributed by atoms with Crippen molar-refractivity contribution in [3.63, 3.8) is 0 Å². The van der Waals surface area contributed by atoms with Crippen molar-refractivity contribution < 1.29 is 14.3 Å². The minimum absolute atomic E-state index is 0.0601. The van der Waals surface area contributed by atoms with E-state index in [1.165, 1.54) is 11.8 Å². The minimum atomic E-state index is -0.284. The SMILES string of the molecule is COc1ccccc1C1SCC(=O)N(CC(=O)N2CCCC2)c2c1c(-c1ccccc1)nn2-c1ccccc1Cl. The molecular formula is C31H29ClN4O3S. The molecule has 1 unspecified atom stereocenters. The number of thioether (sulfide) groups is 1. The summed E-state index contributed by atoms with van der Waals surface area (Å²) < 4.78 is 7.51. The van der Waals surface area contributed by atoms with Crippen molar-refractivity contribution in [1.29, 1.82) is 0 Å². The fraction of sp³-hybridized carbons (Fsp3) is 0.258. The van der Waals surface area contributed by atoms with Gasteiger partial charge in [0.25, 0.3) is 0 Å². The van der Waals surface area contributed by atoms with Gasteiger partial charge in [-0.25, -0.2) is 4.68 Å². The molecule has 1 saturated heterocycles. The molecule has 2 aliphatic rings. The maximum Gasteiger partial charge on any atom is 0.242 e. The number of nitrogens with zero attached hydrogens (tertiary/aromatic N) is 4. The largest absolute Gasteiger partial charge is 0.496 e. The lowest BCUT2D eigenvalue weighted by Gasteiger charge is -2.26. The summed E-state index contributed by atoms with van der Waals surface area (Å²) in [4.78, 5) is 30.8. The Bertz CT molecular complexity index is 1550. The third-order valence-electron chi connectivity index (χ3n) is 7.39. The van der Waals surface area contributed by atoms with Gasteiger partial charge in [-0.1, -0.05) is 72.3 Å². The summed E-state index contributed by atoms with van der Waals surface area (Å²) in [5, 5.41) is 5.33. The number of hydrogen-bond donors (Lipinski definition) is 0. The lowest BCUT2D eigenvalue weighted by Crippen LogP contribution is -2.43. The van der Waals surface area contributed by atoms with Crippen LogP contribution >= 0.6 is 23.4 Å². The van der Waals surface area contributed by atoms with Gasteiger partial charge in [0.05, 0.1) is 34.5 Å². The highest BCUT2D eigenvalue weighted by Crippen LogP contribution is 2.50. The van der Waals surface area contributed by atoms with Crippen LogP contribution in [0.2, 0.25) is 5.02 Å². The topological polar surface area (TPSA) is 67.7 Å². The number of amides is 2. The first kappa shape index (κ1) is 26.5. The van der Waals surface area contributed by atoms with Crippen molar-refractivity contribution in [2.24, 2.45) is 0 Å². The molecular weight excluding hydrogens is 544 g/mol. The summed E-state index contributed by atoms with van der Waals surface area (Å²) in [5.74, 6) is 1.27. The molecule has 3 heterocycles. The van der Waals surface area contributed by atoms with Gasteiger partial charge in [0.2, 0.25) is 11.8 Å². The average Bonchev–Trinajstić information content (AvgIpc) is 3.64. The second-order valence-corrected chi connectivity index (χ2v) is 11.3. The molecule has 0 spiro atoms. The number of carbonyl (C=O) groups excluding carboxylic acids is 2. The smallest absolute Gasteiger partial charge is 0.242 e. The van der Waals surface area contributed by atoms with E-state index in [0.717, 1.165) is 41.0 Å². The predicted molar refractivity (Wildman–Crippen MR) is 159 cm³/mol. The molecule has 1 fully saturated rings. The zero-order valence-corrected chi connectivity index (χ0v) is 23.7. The average molecular weight is 573 g/mol. The number of carbonyl (C=O) groups is 2. The lowest BCUT2D eigenvalue weighted by atomic mass is 9.99. The molecule has 6 rings (SSSR count). The molecule has 7 nitrogen and oxygen atoms in total. The number of halogens is 1. The van der Waals surface area contributed by atoms with Crippen molar-refractivity contribution >= 4 is 41.0 Å². The number of ether oxygens (including phenoxy) is 1. The Morgan fingerprint density at radius 2 is 1.70 bits per heavy atom. The van der Waals surface area contributed by atoms with Crippen LogP contribution in [0, 0.1) is 0 Å². The lowest BCUT2D eigenvalue weighted by molar-refractivity contribution is -0.130. The Morgan fingerprint density at radius 1 is 1.00 bits per heavy atom. The number of benzene rings is 3. The number of anilines is 1. The zero-order valence-electron chi connectivity index (χ0n) is 22.1. The van der Waals surface area contributed by atoms with E-state index < -0.39 is 0 Å². The molecule has 40 heavy (non-hydrogen) atoms. The number of fused-ring (bicyclic) bond motifs is 1. The number of aromatic nitrogens is 2. The molecule has 0 bridgehead atoms. The Labute approximate surface area is 242 Å². The van der Waals surface area contributed by atoms with E-state index >= 15 is 0 Å². The normalized spacial score (nSPS) is 17.1. The van der Waals surface area contributed by atoms with E-state index in [1.54, 1.807) is 22.8 Å². The summed E-state index contributed by atoms with van der Waals surface area (Å²) in [6.07, 6.45) is 1.96. The van der Waals surface area contributed by atoms with Gasteiger partial charge in [-0.3, -0.25) is 14.5 Å². The summed E-state index contributed by atoms with van der Waals surface area (Å²) in [5.41, 5.74) is 4.06. The van der Waals surface area contributed by atoms with Crippen LogP contribution in [0.4, 0.5) is 5.82 Å². The maximum atomic E-state index is 13.9. The second kappa shape index (κ2) is 11.4. The van der Waals surface area contributed by atoms with Crippen LogP contribution < -0.4 is 9.64 Å². The maximum absolute atomic E-state index is 13.9. The Kier molecular flexibility index (Phi) is 7.54. The highest BCUT2D eigenvalue weighted by molar-refractivity contribution is 8.00. The molecule has 4 aromatic rings. The molecule has 3 aromatic carbocycles. The molecule has 1 aromatic heterocycles.